The number of carbonyl (C=O) groups is 2. The van der Waals surface area contributed by atoms with E-state index in [9.17, 15) is 14.7 Å². The van der Waals surface area contributed by atoms with Gasteiger partial charge in [-0.1, -0.05) is 0 Å². The minimum absolute atomic E-state index is 0.0315. The molecular weight excluding hydrogens is 306 g/mol. The summed E-state index contributed by atoms with van der Waals surface area (Å²) in [5.74, 6) is -0.295. The van der Waals surface area contributed by atoms with E-state index in [2.05, 4.69) is 5.32 Å². The second kappa shape index (κ2) is 7.11. The summed E-state index contributed by atoms with van der Waals surface area (Å²) in [4.78, 5) is 23.1. The molecule has 1 aromatic heterocycles. The summed E-state index contributed by atoms with van der Waals surface area (Å²) in [5, 5.41) is 23.5. The lowest BCUT2D eigenvalue weighted by molar-refractivity contribution is 0.0599. The standard InChI is InChI=1S/C15H21NO5S/c1-8-11(14(18)21-2)7-22-13(8)12(17)9-3-5-10(6-4-9)16-15(19)20/h7,9-10,12,16-17H,3-6H2,1-2H3,(H,19,20). The third-order valence-electron chi connectivity index (χ3n) is 4.30. The summed E-state index contributed by atoms with van der Waals surface area (Å²) >= 11 is 1.37. The van der Waals surface area contributed by atoms with E-state index in [1.807, 2.05) is 6.92 Å². The zero-order chi connectivity index (χ0) is 16.3. The number of rotatable bonds is 4. The molecule has 0 spiro atoms. The molecular formula is C15H21NO5S. The second-order valence-corrected chi connectivity index (χ2v) is 6.55. The van der Waals surface area contributed by atoms with Crippen LogP contribution in [0.5, 0.6) is 0 Å². The SMILES string of the molecule is COC(=O)c1csc(C(O)C2CCC(NC(=O)O)CC2)c1C. The molecule has 6 nitrogen and oxygen atoms in total. The Kier molecular flexibility index (Phi) is 5.42. The van der Waals surface area contributed by atoms with E-state index in [0.717, 1.165) is 36.1 Å². The van der Waals surface area contributed by atoms with Crippen LogP contribution in [0, 0.1) is 12.8 Å². The molecule has 1 aliphatic carbocycles. The Morgan fingerprint density at radius 1 is 1.36 bits per heavy atom. The highest BCUT2D eigenvalue weighted by Crippen LogP contribution is 2.39. The first kappa shape index (κ1) is 16.8. The van der Waals surface area contributed by atoms with Crippen molar-refractivity contribution in [1.82, 2.24) is 5.32 Å². The van der Waals surface area contributed by atoms with Gasteiger partial charge in [-0.05, 0) is 44.1 Å². The summed E-state index contributed by atoms with van der Waals surface area (Å²) in [6.45, 7) is 1.82. The molecule has 1 aliphatic rings. The minimum Gasteiger partial charge on any atom is -0.465 e. The average Bonchev–Trinajstić information content (AvgIpc) is 2.87. The van der Waals surface area contributed by atoms with E-state index < -0.39 is 12.2 Å². The van der Waals surface area contributed by atoms with E-state index in [1.54, 1.807) is 5.38 Å². The predicted molar refractivity (Wildman–Crippen MR) is 82.3 cm³/mol. The van der Waals surface area contributed by atoms with Gasteiger partial charge in [-0.2, -0.15) is 0 Å². The van der Waals surface area contributed by atoms with Crippen LogP contribution < -0.4 is 5.32 Å². The monoisotopic (exact) mass is 327 g/mol. The number of aliphatic hydroxyl groups is 1. The van der Waals surface area contributed by atoms with Gasteiger partial charge in [-0.25, -0.2) is 9.59 Å². The Morgan fingerprint density at radius 2 is 2.00 bits per heavy atom. The molecule has 7 heteroatoms. The van der Waals surface area contributed by atoms with Crippen LogP contribution in [0.1, 0.15) is 52.6 Å². The zero-order valence-electron chi connectivity index (χ0n) is 12.7. The van der Waals surface area contributed by atoms with Crippen molar-refractivity contribution in [3.8, 4) is 0 Å². The molecule has 1 fully saturated rings. The number of aliphatic hydroxyl groups excluding tert-OH is 1. The molecule has 1 atom stereocenters. The first-order valence-electron chi connectivity index (χ1n) is 7.27. The Bertz CT molecular complexity index is 548. The number of amides is 1. The number of esters is 1. The van der Waals surface area contributed by atoms with Crippen LogP contribution >= 0.6 is 11.3 Å². The molecule has 2 rings (SSSR count). The van der Waals surface area contributed by atoms with Crippen molar-refractivity contribution in [3.05, 3.63) is 21.4 Å². The van der Waals surface area contributed by atoms with Crippen LogP contribution in [0.2, 0.25) is 0 Å². The molecule has 1 amide bonds. The predicted octanol–water partition coefficient (Wildman–Crippen LogP) is 2.70. The molecule has 1 unspecified atom stereocenters. The largest absolute Gasteiger partial charge is 0.465 e. The van der Waals surface area contributed by atoms with Gasteiger partial charge in [-0.15, -0.1) is 11.3 Å². The maximum absolute atomic E-state index is 11.6. The molecule has 0 aliphatic heterocycles. The first-order valence-corrected chi connectivity index (χ1v) is 8.15. The summed E-state index contributed by atoms with van der Waals surface area (Å²) in [6, 6.07) is -0.0315. The van der Waals surface area contributed by atoms with Crippen molar-refractivity contribution in [1.29, 1.82) is 0 Å². The van der Waals surface area contributed by atoms with Crippen LogP contribution in [0.3, 0.4) is 0 Å². The fourth-order valence-corrected chi connectivity index (χ4v) is 4.14. The van der Waals surface area contributed by atoms with Crippen LogP contribution in [-0.2, 0) is 4.74 Å². The van der Waals surface area contributed by atoms with E-state index >= 15 is 0 Å². The third kappa shape index (κ3) is 3.59. The number of hydrogen-bond acceptors (Lipinski definition) is 5. The van der Waals surface area contributed by atoms with Gasteiger partial charge >= 0.3 is 12.1 Å². The van der Waals surface area contributed by atoms with Gasteiger partial charge in [0.25, 0.3) is 0 Å². The van der Waals surface area contributed by atoms with Crippen molar-refractivity contribution >= 4 is 23.4 Å². The first-order chi connectivity index (χ1) is 10.4. The molecule has 1 saturated carbocycles. The van der Waals surface area contributed by atoms with Crippen molar-refractivity contribution < 1.29 is 24.5 Å². The van der Waals surface area contributed by atoms with Gasteiger partial charge in [0.2, 0.25) is 0 Å². The highest BCUT2D eigenvalue weighted by atomic mass is 32.1. The Hall–Kier alpha value is -1.60. The molecule has 0 bridgehead atoms. The molecule has 122 valence electrons. The Morgan fingerprint density at radius 3 is 2.55 bits per heavy atom. The van der Waals surface area contributed by atoms with Crippen molar-refractivity contribution in [2.45, 2.75) is 44.8 Å². The maximum Gasteiger partial charge on any atom is 0.404 e. The molecule has 1 aromatic rings. The fourth-order valence-electron chi connectivity index (χ4n) is 3.00. The van der Waals surface area contributed by atoms with Gasteiger partial charge in [0.05, 0.1) is 18.8 Å². The molecule has 0 aromatic carbocycles. The van der Waals surface area contributed by atoms with Crippen molar-refractivity contribution in [2.24, 2.45) is 5.92 Å². The molecule has 3 N–H and O–H groups in total. The van der Waals surface area contributed by atoms with Crippen LogP contribution in [0.25, 0.3) is 0 Å². The number of hydrogen-bond donors (Lipinski definition) is 3. The van der Waals surface area contributed by atoms with Crippen molar-refractivity contribution in [2.75, 3.05) is 7.11 Å². The van der Waals surface area contributed by atoms with Gasteiger partial charge in [0, 0.05) is 16.3 Å². The smallest absolute Gasteiger partial charge is 0.404 e. The lowest BCUT2D eigenvalue weighted by Crippen LogP contribution is -2.37. The Balaban J connectivity index is 2.01. The Labute approximate surface area is 133 Å². The number of carbonyl (C=O) groups excluding carboxylic acids is 1. The lowest BCUT2D eigenvalue weighted by Gasteiger charge is -2.31. The highest BCUT2D eigenvalue weighted by molar-refractivity contribution is 7.10. The van der Waals surface area contributed by atoms with Crippen LogP contribution in [0.4, 0.5) is 4.79 Å². The normalized spacial score (nSPS) is 22.9. The van der Waals surface area contributed by atoms with E-state index in [4.69, 9.17) is 9.84 Å². The molecule has 22 heavy (non-hydrogen) atoms. The fraction of sp³-hybridized carbons (Fsp3) is 0.600. The zero-order valence-corrected chi connectivity index (χ0v) is 13.5. The summed E-state index contributed by atoms with van der Waals surface area (Å²) < 4.78 is 4.73. The maximum atomic E-state index is 11.6. The number of carboxylic acid groups (broad SMARTS) is 1. The van der Waals surface area contributed by atoms with Crippen LogP contribution in [-0.4, -0.2) is 35.4 Å². The van der Waals surface area contributed by atoms with E-state index in [1.165, 1.54) is 18.4 Å². The summed E-state index contributed by atoms with van der Waals surface area (Å²) in [6.07, 6.45) is 1.36. The van der Waals surface area contributed by atoms with E-state index in [-0.39, 0.29) is 17.9 Å². The van der Waals surface area contributed by atoms with Crippen molar-refractivity contribution in [3.63, 3.8) is 0 Å². The van der Waals surface area contributed by atoms with Gasteiger partial charge in [0.1, 0.15) is 0 Å². The lowest BCUT2D eigenvalue weighted by atomic mass is 9.81. The average molecular weight is 327 g/mol. The summed E-state index contributed by atoms with van der Waals surface area (Å²) in [5.41, 5.74) is 1.28. The van der Waals surface area contributed by atoms with Crippen LogP contribution in [0.15, 0.2) is 5.38 Å². The van der Waals surface area contributed by atoms with Gasteiger partial charge < -0.3 is 20.3 Å². The second-order valence-electron chi connectivity index (χ2n) is 5.64. The number of methoxy groups -OCH3 is 1. The summed E-state index contributed by atoms with van der Waals surface area (Å²) in [7, 11) is 1.34. The quantitative estimate of drug-likeness (QED) is 0.739. The molecule has 1 heterocycles. The van der Waals surface area contributed by atoms with E-state index in [0.29, 0.717) is 5.56 Å². The number of thiophene rings is 1. The number of nitrogens with one attached hydrogen (secondary N) is 1. The topological polar surface area (TPSA) is 95.9 Å². The molecule has 0 radical (unpaired) electrons. The van der Waals surface area contributed by atoms with Gasteiger partial charge in [0.15, 0.2) is 0 Å². The third-order valence-corrected chi connectivity index (χ3v) is 5.45. The highest BCUT2D eigenvalue weighted by Gasteiger charge is 2.30. The number of ether oxygens (including phenoxy) is 1. The minimum atomic E-state index is -0.999. The van der Waals surface area contributed by atoms with Gasteiger partial charge in [-0.3, -0.25) is 0 Å². The molecule has 0 saturated heterocycles.